The summed E-state index contributed by atoms with van der Waals surface area (Å²) in [6.45, 7) is 2.90. The molecule has 3 rings (SSSR count). The molecule has 0 amide bonds. The van der Waals surface area contributed by atoms with E-state index in [1.54, 1.807) is 7.11 Å². The summed E-state index contributed by atoms with van der Waals surface area (Å²) in [6, 6.07) is 8.75. The van der Waals surface area contributed by atoms with Crippen LogP contribution in [0.25, 0.3) is 11.3 Å². The van der Waals surface area contributed by atoms with Crippen molar-refractivity contribution in [1.29, 1.82) is 0 Å². The van der Waals surface area contributed by atoms with Crippen molar-refractivity contribution in [3.05, 3.63) is 41.6 Å². The average molecular weight is 256 g/mol. The molecule has 1 atom stereocenters. The van der Waals surface area contributed by atoms with Crippen LogP contribution in [0.1, 0.15) is 18.1 Å². The molecule has 1 aromatic carbocycles. The number of fused-ring (bicyclic) bond motifs is 3. The molecule has 1 unspecified atom stereocenters. The van der Waals surface area contributed by atoms with Gasteiger partial charge >= 0.3 is 0 Å². The molecule has 0 saturated heterocycles. The Balaban J connectivity index is 2.12. The SMILES string of the molecule is COc1ccc2c(c1)-c1c(ccn1CC(C)N)CC2. The van der Waals surface area contributed by atoms with E-state index in [1.165, 1.54) is 22.4 Å². The molecule has 0 fully saturated rings. The fourth-order valence-corrected chi connectivity index (χ4v) is 2.90. The Morgan fingerprint density at radius 3 is 2.79 bits per heavy atom. The average Bonchev–Trinajstić information content (AvgIpc) is 2.81. The highest BCUT2D eigenvalue weighted by molar-refractivity contribution is 5.72. The molecular weight excluding hydrogens is 236 g/mol. The van der Waals surface area contributed by atoms with E-state index in [2.05, 4.69) is 29.0 Å². The number of rotatable bonds is 3. The minimum absolute atomic E-state index is 0.160. The highest BCUT2D eigenvalue weighted by Crippen LogP contribution is 2.36. The molecular formula is C16H20N2O. The van der Waals surface area contributed by atoms with Crippen molar-refractivity contribution >= 4 is 0 Å². The van der Waals surface area contributed by atoms with Crippen molar-refractivity contribution in [3.63, 3.8) is 0 Å². The fourth-order valence-electron chi connectivity index (χ4n) is 2.90. The summed E-state index contributed by atoms with van der Waals surface area (Å²) in [4.78, 5) is 0. The van der Waals surface area contributed by atoms with Crippen LogP contribution >= 0.6 is 0 Å². The molecule has 1 heterocycles. The van der Waals surface area contributed by atoms with Crippen molar-refractivity contribution in [2.45, 2.75) is 32.4 Å². The number of ether oxygens (including phenoxy) is 1. The first-order valence-electron chi connectivity index (χ1n) is 6.80. The van der Waals surface area contributed by atoms with Crippen molar-refractivity contribution in [2.24, 2.45) is 5.73 Å². The molecule has 100 valence electrons. The Morgan fingerprint density at radius 2 is 2.05 bits per heavy atom. The van der Waals surface area contributed by atoms with Crippen LogP contribution in [0, 0.1) is 0 Å². The van der Waals surface area contributed by atoms with Gasteiger partial charge in [0, 0.05) is 24.3 Å². The molecule has 1 aliphatic carbocycles. The maximum Gasteiger partial charge on any atom is 0.119 e. The highest BCUT2D eigenvalue weighted by Gasteiger charge is 2.20. The Hall–Kier alpha value is -1.74. The van der Waals surface area contributed by atoms with Crippen LogP contribution in [0.5, 0.6) is 5.75 Å². The van der Waals surface area contributed by atoms with Crippen molar-refractivity contribution < 1.29 is 4.74 Å². The van der Waals surface area contributed by atoms with Gasteiger partial charge in [-0.25, -0.2) is 0 Å². The first-order valence-corrected chi connectivity index (χ1v) is 6.80. The lowest BCUT2D eigenvalue weighted by Gasteiger charge is -2.21. The monoisotopic (exact) mass is 256 g/mol. The summed E-state index contributed by atoms with van der Waals surface area (Å²) in [5.74, 6) is 0.917. The van der Waals surface area contributed by atoms with Crippen LogP contribution in [-0.2, 0) is 19.4 Å². The molecule has 0 radical (unpaired) electrons. The maximum atomic E-state index is 5.95. The van der Waals surface area contributed by atoms with Gasteiger partial charge in [0.25, 0.3) is 0 Å². The predicted molar refractivity (Wildman–Crippen MR) is 77.5 cm³/mol. The Kier molecular flexibility index (Phi) is 3.07. The van der Waals surface area contributed by atoms with E-state index in [0.717, 1.165) is 25.1 Å². The van der Waals surface area contributed by atoms with Gasteiger partial charge in [0.05, 0.1) is 12.8 Å². The number of aromatic nitrogens is 1. The summed E-state index contributed by atoms with van der Waals surface area (Å²) < 4.78 is 7.63. The predicted octanol–water partition coefficient (Wildman–Crippen LogP) is 2.61. The number of nitrogens with two attached hydrogens (primary N) is 1. The van der Waals surface area contributed by atoms with E-state index >= 15 is 0 Å². The zero-order chi connectivity index (χ0) is 13.4. The molecule has 0 bridgehead atoms. The summed E-state index contributed by atoms with van der Waals surface area (Å²) in [7, 11) is 1.71. The lowest BCUT2D eigenvalue weighted by atomic mass is 9.90. The third-order valence-corrected chi connectivity index (χ3v) is 3.77. The van der Waals surface area contributed by atoms with E-state index in [9.17, 15) is 0 Å². The number of benzene rings is 1. The second-order valence-corrected chi connectivity index (χ2v) is 5.34. The Morgan fingerprint density at radius 1 is 1.26 bits per heavy atom. The van der Waals surface area contributed by atoms with E-state index in [4.69, 9.17) is 10.5 Å². The topological polar surface area (TPSA) is 40.2 Å². The number of nitrogens with zero attached hydrogens (tertiary/aromatic N) is 1. The lowest BCUT2D eigenvalue weighted by Crippen LogP contribution is -2.22. The third kappa shape index (κ3) is 2.15. The van der Waals surface area contributed by atoms with E-state index in [0.29, 0.717) is 0 Å². The van der Waals surface area contributed by atoms with Crippen molar-refractivity contribution in [1.82, 2.24) is 4.57 Å². The van der Waals surface area contributed by atoms with Crippen LogP contribution in [0.4, 0.5) is 0 Å². The Labute approximate surface area is 114 Å². The molecule has 3 heteroatoms. The van der Waals surface area contributed by atoms with Crippen LogP contribution in [-0.4, -0.2) is 17.7 Å². The van der Waals surface area contributed by atoms with Gasteiger partial charge in [-0.2, -0.15) is 0 Å². The molecule has 0 spiro atoms. The summed E-state index contributed by atoms with van der Waals surface area (Å²) in [6.07, 6.45) is 4.37. The molecule has 19 heavy (non-hydrogen) atoms. The second-order valence-electron chi connectivity index (χ2n) is 5.34. The minimum Gasteiger partial charge on any atom is -0.497 e. The molecule has 2 aromatic rings. The normalized spacial score (nSPS) is 14.7. The van der Waals surface area contributed by atoms with E-state index in [-0.39, 0.29) is 6.04 Å². The maximum absolute atomic E-state index is 5.95. The third-order valence-electron chi connectivity index (χ3n) is 3.77. The van der Waals surface area contributed by atoms with E-state index < -0.39 is 0 Å². The molecule has 3 nitrogen and oxygen atoms in total. The van der Waals surface area contributed by atoms with Gasteiger partial charge in [-0.15, -0.1) is 0 Å². The molecule has 1 aliphatic rings. The molecule has 1 aromatic heterocycles. The Bertz CT molecular complexity index is 599. The van der Waals surface area contributed by atoms with Crippen LogP contribution in [0.15, 0.2) is 30.5 Å². The quantitative estimate of drug-likeness (QED) is 0.917. The van der Waals surface area contributed by atoms with Crippen molar-refractivity contribution in [2.75, 3.05) is 7.11 Å². The lowest BCUT2D eigenvalue weighted by molar-refractivity contribution is 0.414. The number of methoxy groups -OCH3 is 1. The molecule has 0 saturated carbocycles. The zero-order valence-corrected chi connectivity index (χ0v) is 11.5. The zero-order valence-electron chi connectivity index (χ0n) is 11.5. The minimum atomic E-state index is 0.160. The summed E-state index contributed by atoms with van der Waals surface area (Å²) in [5.41, 5.74) is 11.4. The van der Waals surface area contributed by atoms with E-state index in [1.807, 2.05) is 13.0 Å². The number of aryl methyl sites for hydroxylation is 2. The van der Waals surface area contributed by atoms with Gasteiger partial charge in [-0.1, -0.05) is 6.07 Å². The van der Waals surface area contributed by atoms with Crippen LogP contribution in [0.2, 0.25) is 0 Å². The van der Waals surface area contributed by atoms with Gasteiger partial charge in [-0.05, 0) is 49.1 Å². The number of hydrogen-bond donors (Lipinski definition) is 1. The van der Waals surface area contributed by atoms with Gasteiger partial charge in [0.1, 0.15) is 5.75 Å². The fraction of sp³-hybridized carbons (Fsp3) is 0.375. The van der Waals surface area contributed by atoms with Gasteiger partial charge in [0.2, 0.25) is 0 Å². The largest absolute Gasteiger partial charge is 0.497 e. The molecule has 0 aliphatic heterocycles. The van der Waals surface area contributed by atoms with Crippen LogP contribution in [0.3, 0.4) is 0 Å². The summed E-state index contributed by atoms with van der Waals surface area (Å²) in [5, 5.41) is 0. The summed E-state index contributed by atoms with van der Waals surface area (Å²) >= 11 is 0. The highest BCUT2D eigenvalue weighted by atomic mass is 16.5. The van der Waals surface area contributed by atoms with Gasteiger partial charge in [-0.3, -0.25) is 0 Å². The van der Waals surface area contributed by atoms with Gasteiger partial charge < -0.3 is 15.0 Å². The second kappa shape index (κ2) is 4.74. The smallest absolute Gasteiger partial charge is 0.119 e. The van der Waals surface area contributed by atoms with Gasteiger partial charge in [0.15, 0.2) is 0 Å². The van der Waals surface area contributed by atoms with Crippen LogP contribution < -0.4 is 10.5 Å². The van der Waals surface area contributed by atoms with Crippen molar-refractivity contribution in [3.8, 4) is 17.0 Å². The standard InChI is InChI=1S/C16H20N2O/c1-11(17)10-18-8-7-13-4-3-12-5-6-14(19-2)9-15(12)16(13)18/h5-9,11H,3-4,10,17H2,1-2H3. The first-order chi connectivity index (χ1) is 9.19. The first kappa shape index (κ1) is 12.3. The molecule has 2 N–H and O–H groups in total. The number of hydrogen-bond acceptors (Lipinski definition) is 2.